The van der Waals surface area contributed by atoms with Crippen LogP contribution in [0.5, 0.6) is 0 Å². The van der Waals surface area contributed by atoms with Gasteiger partial charge in [-0.2, -0.15) is 0 Å². The molecule has 2 aromatic heterocycles. The van der Waals surface area contributed by atoms with E-state index in [4.69, 9.17) is 4.74 Å². The Kier molecular flexibility index (Phi) is 6.81. The zero-order valence-corrected chi connectivity index (χ0v) is 17.5. The van der Waals surface area contributed by atoms with Gasteiger partial charge in [0.05, 0.1) is 12.1 Å². The molecule has 2 N–H and O–H groups in total. The van der Waals surface area contributed by atoms with Crippen LogP contribution in [0.1, 0.15) is 20.8 Å². The van der Waals surface area contributed by atoms with Gasteiger partial charge in [-0.1, -0.05) is 0 Å². The molecule has 0 saturated carbocycles. The van der Waals surface area contributed by atoms with Crippen molar-refractivity contribution >= 4 is 34.8 Å². The minimum Gasteiger partial charge on any atom is -0.452 e. The highest BCUT2D eigenvalue weighted by atomic mass is 32.1. The molecule has 0 aliphatic carbocycles. The van der Waals surface area contributed by atoms with E-state index in [1.807, 2.05) is 19.1 Å². The summed E-state index contributed by atoms with van der Waals surface area (Å²) in [4.78, 5) is 37.3. The summed E-state index contributed by atoms with van der Waals surface area (Å²) in [6.07, 6.45) is 3.61. The molecule has 0 radical (unpaired) electrons. The zero-order chi connectivity index (χ0) is 22.5. The van der Waals surface area contributed by atoms with Gasteiger partial charge in [-0.3, -0.25) is 9.59 Å². The van der Waals surface area contributed by atoms with Gasteiger partial charge in [-0.15, -0.1) is 11.3 Å². The predicted molar refractivity (Wildman–Crippen MR) is 111 cm³/mol. The van der Waals surface area contributed by atoms with Crippen molar-refractivity contribution in [2.75, 3.05) is 18.5 Å². The molecule has 1 aromatic carbocycles. The number of esters is 1. The van der Waals surface area contributed by atoms with Crippen LogP contribution in [-0.2, 0) is 14.3 Å². The predicted octanol–water partition coefficient (Wildman–Crippen LogP) is 3.35. The molecule has 0 aliphatic rings. The molecule has 0 bridgehead atoms. The van der Waals surface area contributed by atoms with Crippen molar-refractivity contribution < 1.29 is 27.9 Å². The third-order valence-electron chi connectivity index (χ3n) is 4.39. The number of thiophene rings is 1. The minimum atomic E-state index is -1.10. The third-order valence-corrected chi connectivity index (χ3v) is 5.61. The molecule has 0 aliphatic heterocycles. The first-order valence-electron chi connectivity index (χ1n) is 9.18. The van der Waals surface area contributed by atoms with E-state index in [1.165, 1.54) is 17.4 Å². The third kappa shape index (κ3) is 5.34. The Bertz CT molecular complexity index is 1130. The number of hydrogen-bond donors (Lipinski definition) is 2. The Morgan fingerprint density at radius 2 is 1.77 bits per heavy atom. The molecular weight excluding hydrogens is 428 g/mol. The number of rotatable bonds is 7. The first-order valence-corrected chi connectivity index (χ1v) is 10.00. The summed E-state index contributed by atoms with van der Waals surface area (Å²) in [5, 5.41) is 5.31. The maximum absolute atomic E-state index is 13.2. The van der Waals surface area contributed by atoms with Crippen LogP contribution in [0.4, 0.5) is 14.5 Å². The van der Waals surface area contributed by atoms with E-state index in [2.05, 4.69) is 10.6 Å². The highest BCUT2D eigenvalue weighted by Crippen LogP contribution is 2.31. The largest absolute Gasteiger partial charge is 0.452 e. The number of benzene rings is 1. The van der Waals surface area contributed by atoms with Crippen LogP contribution in [0.25, 0.3) is 5.00 Å². The van der Waals surface area contributed by atoms with Gasteiger partial charge in [0.2, 0.25) is 5.91 Å². The molecule has 3 aromatic rings. The number of anilines is 1. The Morgan fingerprint density at radius 3 is 2.45 bits per heavy atom. The lowest BCUT2D eigenvalue weighted by Gasteiger charge is -2.09. The lowest BCUT2D eigenvalue weighted by molar-refractivity contribution is -0.126. The van der Waals surface area contributed by atoms with E-state index in [0.717, 1.165) is 22.6 Å². The second-order valence-electron chi connectivity index (χ2n) is 6.58. The molecule has 162 valence electrons. The standard InChI is InChI=1S/C21H19F2N3O4S/c1-12-13(2)31-20(26-7-3-4-8-26)19(12)21(29)30-11-18(28)24-10-17(27)25-14-5-6-15(22)16(23)9-14/h3-9H,10-11H2,1-2H3,(H,24,28)(H,25,27). The fourth-order valence-electron chi connectivity index (χ4n) is 2.71. The topological polar surface area (TPSA) is 89.4 Å². The van der Waals surface area contributed by atoms with Crippen molar-refractivity contribution in [3.63, 3.8) is 0 Å². The van der Waals surface area contributed by atoms with Crippen LogP contribution < -0.4 is 10.6 Å². The number of hydrogen-bond acceptors (Lipinski definition) is 5. The molecule has 10 heteroatoms. The normalized spacial score (nSPS) is 10.6. The number of nitrogens with zero attached hydrogens (tertiary/aromatic N) is 1. The minimum absolute atomic E-state index is 0.0467. The maximum Gasteiger partial charge on any atom is 0.341 e. The van der Waals surface area contributed by atoms with Gasteiger partial charge in [-0.25, -0.2) is 13.6 Å². The number of halogens is 2. The molecular formula is C21H19F2N3O4S. The second-order valence-corrected chi connectivity index (χ2v) is 7.79. The van der Waals surface area contributed by atoms with E-state index >= 15 is 0 Å². The fraction of sp³-hybridized carbons (Fsp3) is 0.190. The summed E-state index contributed by atoms with van der Waals surface area (Å²) in [6.45, 7) is 2.69. The first-order chi connectivity index (χ1) is 14.8. The van der Waals surface area contributed by atoms with Gasteiger partial charge in [-0.05, 0) is 43.7 Å². The quantitative estimate of drug-likeness (QED) is 0.544. The molecule has 0 saturated heterocycles. The molecule has 2 amide bonds. The lowest BCUT2D eigenvalue weighted by Crippen LogP contribution is -2.35. The highest BCUT2D eigenvalue weighted by Gasteiger charge is 2.22. The van der Waals surface area contributed by atoms with Gasteiger partial charge in [0.1, 0.15) is 5.00 Å². The Morgan fingerprint density at radius 1 is 1.06 bits per heavy atom. The molecule has 0 fully saturated rings. The van der Waals surface area contributed by atoms with Gasteiger partial charge in [0.25, 0.3) is 5.91 Å². The number of carbonyl (C=O) groups is 3. The van der Waals surface area contributed by atoms with Crippen molar-refractivity contribution in [1.82, 2.24) is 9.88 Å². The second kappa shape index (κ2) is 9.52. The SMILES string of the molecule is Cc1sc(-n2cccc2)c(C(=O)OCC(=O)NCC(=O)Nc2ccc(F)c(F)c2)c1C. The Labute approximate surface area is 180 Å². The molecule has 0 spiro atoms. The lowest BCUT2D eigenvalue weighted by atomic mass is 10.1. The average molecular weight is 447 g/mol. The van der Waals surface area contributed by atoms with Gasteiger partial charge in [0, 0.05) is 29.0 Å². The van der Waals surface area contributed by atoms with E-state index in [1.54, 1.807) is 23.9 Å². The summed E-state index contributed by atoms with van der Waals surface area (Å²) >= 11 is 1.44. The average Bonchev–Trinajstić information content (AvgIpc) is 3.36. The smallest absolute Gasteiger partial charge is 0.341 e. The molecule has 0 unspecified atom stereocenters. The molecule has 3 rings (SSSR count). The van der Waals surface area contributed by atoms with Crippen LogP contribution in [0.2, 0.25) is 0 Å². The van der Waals surface area contributed by atoms with Crippen LogP contribution in [0, 0.1) is 25.5 Å². The van der Waals surface area contributed by atoms with Gasteiger partial charge in [0.15, 0.2) is 18.2 Å². The van der Waals surface area contributed by atoms with Crippen molar-refractivity contribution in [2.45, 2.75) is 13.8 Å². The number of aromatic nitrogens is 1. The van der Waals surface area contributed by atoms with E-state index in [9.17, 15) is 23.2 Å². The summed E-state index contributed by atoms with van der Waals surface area (Å²) in [7, 11) is 0. The van der Waals surface area contributed by atoms with Crippen molar-refractivity contribution in [3.05, 3.63) is 70.4 Å². The zero-order valence-electron chi connectivity index (χ0n) is 16.7. The van der Waals surface area contributed by atoms with Gasteiger partial charge >= 0.3 is 5.97 Å². The van der Waals surface area contributed by atoms with Crippen molar-refractivity contribution in [3.8, 4) is 5.00 Å². The Balaban J connectivity index is 1.52. The highest BCUT2D eigenvalue weighted by molar-refractivity contribution is 7.15. The van der Waals surface area contributed by atoms with Crippen LogP contribution in [0.15, 0.2) is 42.7 Å². The Hall–Kier alpha value is -3.53. The number of nitrogens with one attached hydrogen (secondary N) is 2. The first kappa shape index (κ1) is 22.2. The van der Waals surface area contributed by atoms with Crippen molar-refractivity contribution in [2.24, 2.45) is 0 Å². The number of ether oxygens (including phenoxy) is 1. The fourth-order valence-corrected chi connectivity index (χ4v) is 3.82. The molecule has 0 atom stereocenters. The molecule has 2 heterocycles. The van der Waals surface area contributed by atoms with Crippen molar-refractivity contribution in [1.29, 1.82) is 0 Å². The maximum atomic E-state index is 13.2. The van der Waals surface area contributed by atoms with Crippen LogP contribution in [-0.4, -0.2) is 35.5 Å². The molecule has 31 heavy (non-hydrogen) atoms. The van der Waals surface area contributed by atoms with E-state index in [0.29, 0.717) is 10.6 Å². The van der Waals surface area contributed by atoms with Crippen LogP contribution >= 0.6 is 11.3 Å². The summed E-state index contributed by atoms with van der Waals surface area (Å²) < 4.78 is 33.0. The number of aryl methyl sites for hydroxylation is 1. The summed E-state index contributed by atoms with van der Waals surface area (Å²) in [5.74, 6) is -4.12. The van der Waals surface area contributed by atoms with Crippen LogP contribution in [0.3, 0.4) is 0 Å². The summed E-state index contributed by atoms with van der Waals surface area (Å²) in [5.41, 5.74) is 1.19. The van der Waals surface area contributed by atoms with E-state index in [-0.39, 0.29) is 5.69 Å². The van der Waals surface area contributed by atoms with E-state index < -0.39 is 42.6 Å². The summed E-state index contributed by atoms with van der Waals surface area (Å²) in [6, 6.07) is 6.55. The molecule has 7 nitrogen and oxygen atoms in total. The van der Waals surface area contributed by atoms with Gasteiger partial charge < -0.3 is 19.9 Å². The number of amides is 2. The monoisotopic (exact) mass is 447 g/mol. The number of carbonyl (C=O) groups excluding carboxylic acids is 3.